The Balaban J connectivity index is 1.55. The Morgan fingerprint density at radius 3 is 2.86 bits per heavy atom. The number of primary amides is 1. The van der Waals surface area contributed by atoms with Crippen LogP contribution in [0.3, 0.4) is 0 Å². The van der Waals surface area contributed by atoms with Crippen LogP contribution in [-0.4, -0.2) is 52.3 Å². The number of allylic oxidation sites excluding steroid dienone is 1. The number of benzene rings is 2. The highest BCUT2D eigenvalue weighted by Crippen LogP contribution is 2.35. The van der Waals surface area contributed by atoms with Gasteiger partial charge in [-0.1, -0.05) is 12.1 Å². The lowest BCUT2D eigenvalue weighted by atomic mass is 10.0. The Kier molecular flexibility index (Phi) is 6.05. The first-order chi connectivity index (χ1) is 17.4. The minimum atomic E-state index is -0.489. The first kappa shape index (κ1) is 23.3. The number of nitrogens with one attached hydrogen (secondary N) is 1. The van der Waals surface area contributed by atoms with Gasteiger partial charge in [0.2, 0.25) is 0 Å². The van der Waals surface area contributed by atoms with Crippen molar-refractivity contribution in [2.24, 2.45) is 10.8 Å². The van der Waals surface area contributed by atoms with Crippen LogP contribution in [0.15, 0.2) is 64.9 Å². The number of piperidine rings is 1. The number of carbonyl (C=O) groups excluding carboxylic acids is 1. The predicted molar refractivity (Wildman–Crippen MR) is 144 cm³/mol. The third-order valence-electron chi connectivity index (χ3n) is 6.89. The molecular weight excluding hydrogens is 454 g/mol. The molecule has 1 saturated heterocycles. The number of carbonyl (C=O) groups is 1. The fourth-order valence-electron chi connectivity index (χ4n) is 5.03. The Morgan fingerprint density at radius 1 is 1.28 bits per heavy atom. The molecule has 2 aromatic carbocycles. The van der Waals surface area contributed by atoms with Gasteiger partial charge in [-0.25, -0.2) is 4.98 Å². The van der Waals surface area contributed by atoms with E-state index in [1.165, 1.54) is 0 Å². The molecule has 2 aromatic heterocycles. The lowest BCUT2D eigenvalue weighted by Crippen LogP contribution is -2.40. The van der Waals surface area contributed by atoms with Gasteiger partial charge in [-0.2, -0.15) is 5.10 Å². The van der Waals surface area contributed by atoms with E-state index in [-0.39, 0.29) is 11.6 Å². The summed E-state index contributed by atoms with van der Waals surface area (Å²) in [6.07, 6.45) is 5.34. The molecule has 9 nitrogen and oxygen atoms in total. The molecule has 1 aliphatic rings. The highest BCUT2D eigenvalue weighted by molar-refractivity contribution is 6.09. The maximum absolute atomic E-state index is 13.2. The minimum absolute atomic E-state index is 0.0124. The fourth-order valence-corrected chi connectivity index (χ4v) is 5.03. The van der Waals surface area contributed by atoms with E-state index in [1.54, 1.807) is 29.0 Å². The van der Waals surface area contributed by atoms with E-state index >= 15 is 0 Å². The molecule has 0 unspecified atom stereocenters. The van der Waals surface area contributed by atoms with Crippen molar-refractivity contribution < 1.29 is 4.79 Å². The standard InChI is InChI=1S/C27H29N7O2/c1-17(14-32(3)29-2)23-13-21-24(11-10-20(26(28)35)25(21)31-23)33-12-6-7-18(15-33)34-16-30-22-9-5-4-8-19(22)27(34)36/h4-5,8-11,13-14,16,18,31H,2,6-7,12,15H2,1,3H3,(H2,28,35)/b17-14+/t18-/m1/s1. The lowest BCUT2D eigenvalue weighted by Gasteiger charge is -2.35. The number of hydrogen-bond acceptors (Lipinski definition) is 6. The fraction of sp³-hybridized carbons (Fsp3) is 0.259. The summed E-state index contributed by atoms with van der Waals surface area (Å²) in [5.74, 6) is -0.489. The van der Waals surface area contributed by atoms with E-state index in [9.17, 15) is 9.59 Å². The zero-order valence-electron chi connectivity index (χ0n) is 20.4. The minimum Gasteiger partial charge on any atom is -0.369 e. The second-order valence-electron chi connectivity index (χ2n) is 9.21. The Hall–Kier alpha value is -4.40. The summed E-state index contributed by atoms with van der Waals surface area (Å²) < 4.78 is 1.76. The van der Waals surface area contributed by atoms with Gasteiger partial charge in [0.25, 0.3) is 11.5 Å². The van der Waals surface area contributed by atoms with E-state index in [1.807, 2.05) is 49.5 Å². The Bertz CT molecular complexity index is 1570. The summed E-state index contributed by atoms with van der Waals surface area (Å²) >= 11 is 0. The van der Waals surface area contributed by atoms with E-state index in [0.29, 0.717) is 28.5 Å². The van der Waals surface area contributed by atoms with Gasteiger partial charge in [0.1, 0.15) is 0 Å². The number of para-hydroxylation sites is 1. The smallest absolute Gasteiger partial charge is 0.261 e. The summed E-state index contributed by atoms with van der Waals surface area (Å²) in [7, 11) is 1.80. The van der Waals surface area contributed by atoms with Crippen LogP contribution in [0.2, 0.25) is 0 Å². The third-order valence-corrected chi connectivity index (χ3v) is 6.89. The molecule has 1 aliphatic heterocycles. The summed E-state index contributed by atoms with van der Waals surface area (Å²) in [5, 5.41) is 7.05. The van der Waals surface area contributed by atoms with Crippen molar-refractivity contribution in [2.45, 2.75) is 25.8 Å². The number of nitrogens with two attached hydrogens (primary N) is 1. The molecule has 184 valence electrons. The van der Waals surface area contributed by atoms with Gasteiger partial charge in [0, 0.05) is 49.8 Å². The van der Waals surface area contributed by atoms with Gasteiger partial charge >= 0.3 is 0 Å². The molecule has 0 bridgehead atoms. The molecule has 5 rings (SSSR count). The molecule has 0 spiro atoms. The molecule has 0 saturated carbocycles. The highest BCUT2D eigenvalue weighted by atomic mass is 16.1. The van der Waals surface area contributed by atoms with Crippen LogP contribution in [-0.2, 0) is 0 Å². The largest absolute Gasteiger partial charge is 0.369 e. The van der Waals surface area contributed by atoms with Crippen LogP contribution in [0.1, 0.15) is 41.9 Å². The summed E-state index contributed by atoms with van der Waals surface area (Å²) in [6, 6.07) is 13.2. The molecule has 0 radical (unpaired) electrons. The van der Waals surface area contributed by atoms with Crippen molar-refractivity contribution >= 4 is 45.7 Å². The monoisotopic (exact) mass is 483 g/mol. The quantitative estimate of drug-likeness (QED) is 0.321. The topological polar surface area (TPSA) is 113 Å². The second kappa shape index (κ2) is 9.33. The number of hydrogen-bond donors (Lipinski definition) is 2. The van der Waals surface area contributed by atoms with Crippen LogP contribution in [0.25, 0.3) is 27.4 Å². The van der Waals surface area contributed by atoms with Gasteiger partial charge in [0.05, 0.1) is 34.4 Å². The van der Waals surface area contributed by atoms with Crippen LogP contribution in [0.5, 0.6) is 0 Å². The van der Waals surface area contributed by atoms with Crippen LogP contribution >= 0.6 is 0 Å². The maximum atomic E-state index is 13.2. The number of rotatable bonds is 6. The average Bonchev–Trinajstić information content (AvgIpc) is 3.34. The number of amides is 1. The van der Waals surface area contributed by atoms with Crippen molar-refractivity contribution in [3.05, 3.63) is 76.6 Å². The number of anilines is 1. The normalized spacial score (nSPS) is 16.4. The van der Waals surface area contributed by atoms with Crippen LogP contribution < -0.4 is 16.2 Å². The summed E-state index contributed by atoms with van der Waals surface area (Å²) in [6.45, 7) is 7.01. The molecule has 3 heterocycles. The third kappa shape index (κ3) is 4.13. The highest BCUT2D eigenvalue weighted by Gasteiger charge is 2.25. The first-order valence-corrected chi connectivity index (χ1v) is 11.9. The van der Waals surface area contributed by atoms with Crippen molar-refractivity contribution in [1.82, 2.24) is 19.5 Å². The number of fused-ring (bicyclic) bond motifs is 2. The maximum Gasteiger partial charge on any atom is 0.261 e. The molecule has 1 fully saturated rings. The van der Waals surface area contributed by atoms with Crippen molar-refractivity contribution in [2.75, 3.05) is 25.0 Å². The molecule has 4 aromatic rings. The zero-order chi connectivity index (χ0) is 25.4. The molecule has 0 aliphatic carbocycles. The number of aromatic amines is 1. The van der Waals surface area contributed by atoms with E-state index in [0.717, 1.165) is 41.7 Å². The van der Waals surface area contributed by atoms with Crippen molar-refractivity contribution in [3.63, 3.8) is 0 Å². The van der Waals surface area contributed by atoms with E-state index < -0.39 is 5.91 Å². The van der Waals surface area contributed by atoms with E-state index in [4.69, 9.17) is 5.73 Å². The molecular formula is C27H29N7O2. The molecule has 9 heteroatoms. The van der Waals surface area contributed by atoms with Crippen LogP contribution in [0.4, 0.5) is 5.69 Å². The van der Waals surface area contributed by atoms with Crippen LogP contribution in [0, 0.1) is 0 Å². The lowest BCUT2D eigenvalue weighted by molar-refractivity contribution is 0.100. The van der Waals surface area contributed by atoms with Gasteiger partial charge in [-0.15, -0.1) is 0 Å². The molecule has 1 amide bonds. The number of nitrogens with zero attached hydrogens (tertiary/aromatic N) is 5. The number of hydrazone groups is 1. The van der Waals surface area contributed by atoms with Gasteiger partial charge in [-0.05, 0) is 55.7 Å². The zero-order valence-corrected chi connectivity index (χ0v) is 20.4. The molecule has 3 N–H and O–H groups in total. The summed E-state index contributed by atoms with van der Waals surface area (Å²) in [5.41, 5.74) is 10.3. The molecule has 36 heavy (non-hydrogen) atoms. The summed E-state index contributed by atoms with van der Waals surface area (Å²) in [4.78, 5) is 35.6. The SMILES string of the molecule is C=NN(C)/C=C(\C)c1cc2c(N3CCC[C@@H](n4cnc5ccccc5c4=O)C3)ccc(C(N)=O)c2[nH]1. The van der Waals surface area contributed by atoms with Crippen molar-refractivity contribution in [3.8, 4) is 0 Å². The Morgan fingerprint density at radius 2 is 2.08 bits per heavy atom. The second-order valence-corrected chi connectivity index (χ2v) is 9.21. The number of H-pyrrole nitrogens is 1. The number of aromatic nitrogens is 3. The average molecular weight is 484 g/mol. The van der Waals surface area contributed by atoms with Gasteiger partial charge in [-0.3, -0.25) is 19.2 Å². The van der Waals surface area contributed by atoms with E-state index in [2.05, 4.69) is 26.7 Å². The van der Waals surface area contributed by atoms with Crippen molar-refractivity contribution in [1.29, 1.82) is 0 Å². The predicted octanol–water partition coefficient (Wildman–Crippen LogP) is 3.73. The first-order valence-electron chi connectivity index (χ1n) is 11.9. The molecule has 1 atom stereocenters. The van der Waals surface area contributed by atoms with Gasteiger partial charge < -0.3 is 15.6 Å². The van der Waals surface area contributed by atoms with Gasteiger partial charge in [0.15, 0.2) is 0 Å². The Labute approximate surface area is 208 Å².